The Morgan fingerprint density at radius 1 is 1.28 bits per heavy atom. The van der Waals surface area contributed by atoms with Crippen LogP contribution in [-0.4, -0.2) is 49.7 Å². The van der Waals surface area contributed by atoms with Gasteiger partial charge in [0.15, 0.2) is 5.13 Å². The van der Waals surface area contributed by atoms with Gasteiger partial charge in [-0.3, -0.25) is 20.4 Å². The number of hydrogen-bond acceptors (Lipinski definition) is 7. The molecule has 0 unspecified atom stereocenters. The molecule has 0 aliphatic carbocycles. The first-order valence-electron chi connectivity index (χ1n) is 9.31. The lowest BCUT2D eigenvalue weighted by atomic mass is 10.3. The fourth-order valence-electron chi connectivity index (χ4n) is 2.71. The molecule has 1 aromatic carbocycles. The van der Waals surface area contributed by atoms with E-state index < -0.39 is 0 Å². The molecule has 0 saturated carbocycles. The zero-order valence-corrected chi connectivity index (χ0v) is 18.5. The quantitative estimate of drug-likeness (QED) is 0.465. The van der Waals surface area contributed by atoms with E-state index in [1.807, 2.05) is 24.3 Å². The van der Waals surface area contributed by atoms with E-state index in [9.17, 15) is 9.59 Å². The Kier molecular flexibility index (Phi) is 7.84. The van der Waals surface area contributed by atoms with Crippen LogP contribution in [-0.2, 0) is 9.53 Å². The van der Waals surface area contributed by atoms with Gasteiger partial charge in [-0.2, -0.15) is 0 Å². The summed E-state index contributed by atoms with van der Waals surface area (Å²) < 4.78 is 11.8. The number of rotatable bonds is 7. The van der Waals surface area contributed by atoms with E-state index in [-0.39, 0.29) is 18.2 Å². The zero-order valence-electron chi connectivity index (χ0n) is 16.1. The number of anilines is 1. The summed E-state index contributed by atoms with van der Waals surface area (Å²) >= 11 is 4.73. The van der Waals surface area contributed by atoms with Gasteiger partial charge < -0.3 is 14.4 Å². The maximum Gasteiger partial charge on any atom is 0.281 e. The number of nitrogens with one attached hydrogen (secondary N) is 2. The van der Waals surface area contributed by atoms with Crippen molar-refractivity contribution in [3.8, 4) is 5.75 Å². The van der Waals surface area contributed by atoms with Crippen molar-refractivity contribution >= 4 is 44.2 Å². The second-order valence-electron chi connectivity index (χ2n) is 6.40. The van der Waals surface area contributed by atoms with Crippen LogP contribution in [0.3, 0.4) is 0 Å². The molecule has 10 heteroatoms. The van der Waals surface area contributed by atoms with Crippen LogP contribution in [0, 0.1) is 6.92 Å². The fourth-order valence-corrected chi connectivity index (χ4v) is 4.12. The van der Waals surface area contributed by atoms with Crippen LogP contribution in [0.15, 0.2) is 28.7 Å². The van der Waals surface area contributed by atoms with Gasteiger partial charge in [-0.05, 0) is 41.4 Å². The molecule has 2 amide bonds. The Bertz CT molecular complexity index is 854. The maximum atomic E-state index is 12.4. The molecule has 8 nitrogen and oxygen atoms in total. The van der Waals surface area contributed by atoms with Crippen LogP contribution in [0.25, 0.3) is 0 Å². The molecule has 2 aromatic rings. The number of morpholine rings is 1. The Hall–Kier alpha value is -2.17. The normalized spacial score (nSPS) is 13.8. The molecule has 1 aliphatic rings. The van der Waals surface area contributed by atoms with Gasteiger partial charge >= 0.3 is 0 Å². The Labute approximate surface area is 181 Å². The molecule has 156 valence electrons. The molecule has 0 atom stereocenters. The summed E-state index contributed by atoms with van der Waals surface area (Å²) in [7, 11) is 0. The summed E-state index contributed by atoms with van der Waals surface area (Å²) in [5.41, 5.74) is 5.56. The van der Waals surface area contributed by atoms with Gasteiger partial charge in [0.25, 0.3) is 5.91 Å². The highest BCUT2D eigenvalue weighted by Gasteiger charge is 2.20. The summed E-state index contributed by atoms with van der Waals surface area (Å²) in [6.07, 6.45) is 0.773. The minimum atomic E-state index is -0.364. The number of para-hydroxylation sites is 1. The van der Waals surface area contributed by atoms with E-state index in [1.54, 1.807) is 6.92 Å². The van der Waals surface area contributed by atoms with Crippen LogP contribution in [0.1, 0.15) is 28.2 Å². The molecule has 1 fully saturated rings. The molecule has 3 rings (SSSR count). The van der Waals surface area contributed by atoms with E-state index in [1.165, 1.54) is 11.3 Å². The number of nitrogens with zero attached hydrogens (tertiary/aromatic N) is 2. The molecule has 0 bridgehead atoms. The lowest BCUT2D eigenvalue weighted by molar-refractivity contribution is -0.122. The van der Waals surface area contributed by atoms with Crippen molar-refractivity contribution in [1.29, 1.82) is 0 Å². The van der Waals surface area contributed by atoms with Crippen molar-refractivity contribution < 1.29 is 19.1 Å². The van der Waals surface area contributed by atoms with Crippen molar-refractivity contribution in [2.75, 3.05) is 37.8 Å². The zero-order chi connectivity index (χ0) is 20.6. The van der Waals surface area contributed by atoms with Crippen LogP contribution < -0.4 is 20.5 Å². The summed E-state index contributed by atoms with van der Waals surface area (Å²) in [6.45, 7) is 5.01. The summed E-state index contributed by atoms with van der Waals surface area (Å²) in [6, 6.07) is 7.53. The van der Waals surface area contributed by atoms with Gasteiger partial charge in [0.1, 0.15) is 10.6 Å². The highest BCUT2D eigenvalue weighted by Crippen LogP contribution is 2.26. The number of halogens is 1. The van der Waals surface area contributed by atoms with Crippen molar-refractivity contribution in [3.05, 3.63) is 39.3 Å². The van der Waals surface area contributed by atoms with Crippen molar-refractivity contribution in [3.63, 3.8) is 0 Å². The summed E-state index contributed by atoms with van der Waals surface area (Å²) in [5.74, 6) is 0.0972. The maximum absolute atomic E-state index is 12.4. The third-order valence-corrected chi connectivity index (χ3v) is 6.10. The first-order chi connectivity index (χ1) is 14.0. The lowest BCUT2D eigenvalue weighted by Gasteiger charge is -2.25. The number of benzene rings is 1. The smallest absolute Gasteiger partial charge is 0.281 e. The van der Waals surface area contributed by atoms with E-state index in [0.717, 1.165) is 28.4 Å². The molecule has 0 radical (unpaired) electrons. The average Bonchev–Trinajstić information content (AvgIpc) is 3.13. The number of aromatic nitrogens is 1. The Balaban J connectivity index is 1.40. The predicted molar refractivity (Wildman–Crippen MR) is 114 cm³/mol. The number of hydrogen-bond donors (Lipinski definition) is 2. The number of carbonyl (C=O) groups is 2. The minimum absolute atomic E-state index is 0.242. The number of ether oxygens (including phenoxy) is 2. The van der Waals surface area contributed by atoms with Gasteiger partial charge in [-0.25, -0.2) is 4.98 Å². The number of carbonyl (C=O) groups excluding carboxylic acids is 2. The van der Waals surface area contributed by atoms with E-state index in [2.05, 4.69) is 36.7 Å². The Morgan fingerprint density at radius 3 is 2.79 bits per heavy atom. The number of amides is 2. The van der Waals surface area contributed by atoms with E-state index >= 15 is 0 Å². The van der Waals surface area contributed by atoms with Gasteiger partial charge in [-0.15, -0.1) is 0 Å². The van der Waals surface area contributed by atoms with Crippen LogP contribution in [0.2, 0.25) is 0 Å². The first kappa shape index (κ1) is 21.5. The molecule has 1 saturated heterocycles. The second-order valence-corrected chi connectivity index (χ2v) is 8.23. The fraction of sp³-hybridized carbons (Fsp3) is 0.421. The van der Waals surface area contributed by atoms with E-state index in [0.29, 0.717) is 36.8 Å². The van der Waals surface area contributed by atoms with Gasteiger partial charge in [0, 0.05) is 19.5 Å². The van der Waals surface area contributed by atoms with Crippen LogP contribution in [0.4, 0.5) is 5.13 Å². The standard InChI is InChI=1S/C19H23BrN4O4S/c1-13-17(29-19(21-13)24-8-11-27-12-9-24)18(26)23-22-16(25)7-4-10-28-15-6-3-2-5-14(15)20/h2-3,5-6H,4,7-12H2,1H3,(H,22,25)(H,23,26). The topological polar surface area (TPSA) is 92.8 Å². The van der Waals surface area contributed by atoms with E-state index in [4.69, 9.17) is 9.47 Å². The molecule has 2 heterocycles. The highest BCUT2D eigenvalue weighted by molar-refractivity contribution is 9.10. The van der Waals surface area contributed by atoms with Crippen LogP contribution in [0.5, 0.6) is 5.75 Å². The molecular formula is C19H23BrN4O4S. The molecule has 2 N–H and O–H groups in total. The average molecular weight is 483 g/mol. The number of aryl methyl sites for hydroxylation is 1. The molecule has 1 aromatic heterocycles. The molecule has 1 aliphatic heterocycles. The van der Waals surface area contributed by atoms with Crippen LogP contribution >= 0.6 is 27.3 Å². The SMILES string of the molecule is Cc1nc(N2CCOCC2)sc1C(=O)NNC(=O)CCCOc1ccccc1Br. The van der Waals surface area contributed by atoms with Gasteiger partial charge in [0.2, 0.25) is 5.91 Å². The first-order valence-corrected chi connectivity index (χ1v) is 10.9. The largest absolute Gasteiger partial charge is 0.492 e. The number of hydrazine groups is 1. The molecular weight excluding hydrogens is 460 g/mol. The molecule has 0 spiro atoms. The third kappa shape index (κ3) is 6.15. The summed E-state index contributed by atoms with van der Waals surface area (Å²) in [4.78, 5) is 31.4. The summed E-state index contributed by atoms with van der Waals surface area (Å²) in [5, 5.41) is 0.798. The third-order valence-electron chi connectivity index (χ3n) is 4.23. The lowest BCUT2D eigenvalue weighted by Crippen LogP contribution is -2.41. The predicted octanol–water partition coefficient (Wildman–Crippen LogP) is 2.67. The van der Waals surface area contributed by atoms with Crippen molar-refractivity contribution in [2.45, 2.75) is 19.8 Å². The van der Waals surface area contributed by atoms with Crippen molar-refractivity contribution in [2.24, 2.45) is 0 Å². The van der Waals surface area contributed by atoms with Crippen molar-refractivity contribution in [1.82, 2.24) is 15.8 Å². The van der Waals surface area contributed by atoms with Gasteiger partial charge in [-0.1, -0.05) is 23.5 Å². The van der Waals surface area contributed by atoms with Gasteiger partial charge in [0.05, 0.1) is 30.0 Å². The molecule has 29 heavy (non-hydrogen) atoms. The minimum Gasteiger partial charge on any atom is -0.492 e. The second kappa shape index (κ2) is 10.6. The monoisotopic (exact) mass is 482 g/mol. The number of thiazole rings is 1. The Morgan fingerprint density at radius 2 is 2.03 bits per heavy atom. The highest BCUT2D eigenvalue weighted by atomic mass is 79.9.